The second-order valence-electron chi connectivity index (χ2n) is 7.78. The third-order valence-corrected chi connectivity index (χ3v) is 5.62. The Bertz CT molecular complexity index is 1190. The fourth-order valence-electron chi connectivity index (χ4n) is 3.96. The lowest BCUT2D eigenvalue weighted by Crippen LogP contribution is -2.37. The lowest BCUT2D eigenvalue weighted by Gasteiger charge is -2.29. The van der Waals surface area contributed by atoms with Crippen LogP contribution in [0.25, 0.3) is 11.5 Å². The van der Waals surface area contributed by atoms with Gasteiger partial charge in [0, 0.05) is 38.1 Å². The summed E-state index contributed by atoms with van der Waals surface area (Å²) in [4.78, 5) is 24.1. The van der Waals surface area contributed by atoms with Crippen molar-refractivity contribution >= 4 is 17.4 Å². The fraction of sp³-hybridized carbons (Fsp3) is 0.292. The summed E-state index contributed by atoms with van der Waals surface area (Å²) in [5, 5.41) is 2.83. The van der Waals surface area contributed by atoms with Crippen molar-refractivity contribution in [1.29, 1.82) is 0 Å². The van der Waals surface area contributed by atoms with Crippen molar-refractivity contribution in [2.45, 2.75) is 13.0 Å². The Balaban J connectivity index is 1.53. The highest BCUT2D eigenvalue weighted by Gasteiger charge is 2.22. The molecule has 2 bridgehead atoms. The number of rotatable bonds is 1. The van der Waals surface area contributed by atoms with Gasteiger partial charge in [-0.2, -0.15) is 0 Å². The van der Waals surface area contributed by atoms with E-state index in [1.54, 1.807) is 18.3 Å². The summed E-state index contributed by atoms with van der Waals surface area (Å²) in [5.41, 5.74) is 1.25. The summed E-state index contributed by atoms with van der Waals surface area (Å²) < 4.78 is 28.2. The van der Waals surface area contributed by atoms with Crippen LogP contribution in [0.15, 0.2) is 54.9 Å². The number of aryl methyl sites for hydroxylation is 1. The summed E-state index contributed by atoms with van der Waals surface area (Å²) >= 11 is 0. The van der Waals surface area contributed by atoms with Crippen LogP contribution in [0.3, 0.4) is 0 Å². The van der Waals surface area contributed by atoms with E-state index >= 15 is 0 Å². The Morgan fingerprint density at radius 1 is 1.09 bits per heavy atom. The molecule has 1 aromatic carbocycles. The normalized spacial score (nSPS) is 17.6. The second kappa shape index (κ2) is 9.41. The number of allylic oxidation sites excluding steroid dienone is 1. The number of benzene rings is 1. The molecular weight excluding hydrogens is 425 g/mol. The third kappa shape index (κ3) is 4.58. The molecule has 2 aromatic heterocycles. The molecule has 0 atom stereocenters. The van der Waals surface area contributed by atoms with Gasteiger partial charge in [0.15, 0.2) is 5.82 Å². The highest BCUT2D eigenvalue weighted by atomic mass is 19.1. The van der Waals surface area contributed by atoms with Gasteiger partial charge in [0.2, 0.25) is 0 Å². The number of amides is 1. The first-order valence-corrected chi connectivity index (χ1v) is 10.9. The van der Waals surface area contributed by atoms with E-state index < -0.39 is 11.7 Å². The predicted octanol–water partition coefficient (Wildman–Crippen LogP) is 3.51. The number of hydrogen-bond acceptors (Lipinski definition) is 6. The summed E-state index contributed by atoms with van der Waals surface area (Å²) in [7, 11) is 0. The smallest absolute Gasteiger partial charge is 0.260 e. The van der Waals surface area contributed by atoms with Crippen molar-refractivity contribution in [3.8, 4) is 17.3 Å². The first-order valence-electron chi connectivity index (χ1n) is 10.9. The number of morpholine rings is 1. The highest BCUT2D eigenvalue weighted by Crippen LogP contribution is 2.30. The number of imidazole rings is 1. The molecule has 0 saturated carbocycles. The molecule has 5 rings (SSSR count). The van der Waals surface area contributed by atoms with Crippen molar-refractivity contribution in [2.24, 2.45) is 0 Å². The van der Waals surface area contributed by atoms with Gasteiger partial charge in [-0.1, -0.05) is 18.2 Å². The molecule has 8 nitrogen and oxygen atoms in total. The number of ether oxygens (including phenoxy) is 2. The van der Waals surface area contributed by atoms with Crippen molar-refractivity contribution < 1.29 is 18.7 Å². The molecular formula is C24H24FN5O3. The molecule has 2 aliphatic rings. The lowest BCUT2D eigenvalue weighted by molar-refractivity contribution is 0.102. The Hall–Kier alpha value is -3.72. The lowest BCUT2D eigenvalue weighted by atomic mass is 10.1. The Morgan fingerprint density at radius 2 is 1.97 bits per heavy atom. The topological polar surface area (TPSA) is 81.5 Å². The molecule has 0 aliphatic carbocycles. The molecule has 33 heavy (non-hydrogen) atoms. The fourth-order valence-corrected chi connectivity index (χ4v) is 3.96. The van der Waals surface area contributed by atoms with Crippen LogP contribution in [-0.4, -0.2) is 53.4 Å². The number of carbonyl (C=O) groups is 1. The molecule has 4 heterocycles. The standard InChI is InChI=1S/C24H24FN5O3/c25-18-16-21-17(15-20(18)29-10-13-32-14-11-29)24(31)28-22-6-4-5-19(27-22)23-26-7-9-30(23)8-2-1-3-12-33-21/h1,3-7,9,15-16H,2,8,10-14H2,(H,27,28,31)/b3-1-. The van der Waals surface area contributed by atoms with Crippen molar-refractivity contribution in [2.75, 3.05) is 43.1 Å². The Kier molecular flexibility index (Phi) is 6.03. The molecule has 0 radical (unpaired) electrons. The number of hydrogen-bond donors (Lipinski definition) is 1. The zero-order valence-electron chi connectivity index (χ0n) is 18.0. The van der Waals surface area contributed by atoms with Crippen LogP contribution >= 0.6 is 0 Å². The minimum absolute atomic E-state index is 0.186. The van der Waals surface area contributed by atoms with E-state index in [0.717, 1.165) is 18.8 Å². The molecule has 2 aliphatic heterocycles. The zero-order valence-corrected chi connectivity index (χ0v) is 18.0. The maximum atomic E-state index is 15.0. The van der Waals surface area contributed by atoms with E-state index in [0.29, 0.717) is 43.5 Å². The van der Waals surface area contributed by atoms with E-state index in [2.05, 4.69) is 15.3 Å². The first kappa shape index (κ1) is 21.1. The number of nitrogens with zero attached hydrogens (tertiary/aromatic N) is 4. The maximum Gasteiger partial charge on any atom is 0.260 e. The van der Waals surface area contributed by atoms with Gasteiger partial charge in [0.05, 0.1) is 24.5 Å². The predicted molar refractivity (Wildman–Crippen MR) is 122 cm³/mol. The molecule has 1 amide bonds. The number of aromatic nitrogens is 3. The molecule has 0 spiro atoms. The number of fused-ring (bicyclic) bond motifs is 5. The molecule has 170 valence electrons. The minimum Gasteiger partial charge on any atom is -0.489 e. The third-order valence-electron chi connectivity index (χ3n) is 5.62. The van der Waals surface area contributed by atoms with E-state index in [4.69, 9.17) is 9.47 Å². The van der Waals surface area contributed by atoms with Crippen molar-refractivity contribution in [3.05, 3.63) is 66.3 Å². The van der Waals surface area contributed by atoms with E-state index in [1.807, 2.05) is 39.9 Å². The van der Waals surface area contributed by atoms with Gasteiger partial charge in [-0.25, -0.2) is 14.4 Å². The number of anilines is 2. The van der Waals surface area contributed by atoms with Gasteiger partial charge >= 0.3 is 0 Å². The van der Waals surface area contributed by atoms with Gasteiger partial charge in [0.25, 0.3) is 5.91 Å². The number of halogens is 1. The molecule has 0 unspecified atom stereocenters. The zero-order chi connectivity index (χ0) is 22.6. The van der Waals surface area contributed by atoms with Gasteiger partial charge in [-0.3, -0.25) is 4.79 Å². The minimum atomic E-state index is -0.434. The molecule has 9 heteroatoms. The summed E-state index contributed by atoms with van der Waals surface area (Å²) in [6, 6.07) is 8.21. The Labute approximate surface area is 190 Å². The summed E-state index contributed by atoms with van der Waals surface area (Å²) in [6.07, 6.45) is 8.25. The van der Waals surface area contributed by atoms with Crippen LogP contribution in [-0.2, 0) is 11.3 Å². The largest absolute Gasteiger partial charge is 0.489 e. The maximum absolute atomic E-state index is 15.0. The van der Waals surface area contributed by atoms with Crippen LogP contribution in [0.4, 0.5) is 15.9 Å². The van der Waals surface area contributed by atoms with E-state index in [9.17, 15) is 9.18 Å². The molecule has 1 N–H and O–H groups in total. The molecule has 1 saturated heterocycles. The SMILES string of the molecule is O=C1Nc2cccc(n2)-c2nccn2CC/C=C\COc2cc(F)c(N3CCOCC3)cc21. The first-order chi connectivity index (χ1) is 16.2. The van der Waals surface area contributed by atoms with Crippen LogP contribution in [0, 0.1) is 5.82 Å². The average molecular weight is 449 g/mol. The monoisotopic (exact) mass is 449 g/mol. The number of pyridine rings is 1. The van der Waals surface area contributed by atoms with Gasteiger partial charge in [-0.15, -0.1) is 0 Å². The van der Waals surface area contributed by atoms with Crippen molar-refractivity contribution in [3.63, 3.8) is 0 Å². The second-order valence-corrected chi connectivity index (χ2v) is 7.78. The van der Waals surface area contributed by atoms with Crippen LogP contribution < -0.4 is 15.0 Å². The number of carbonyl (C=O) groups excluding carboxylic acids is 1. The molecule has 1 fully saturated rings. The van der Waals surface area contributed by atoms with Crippen LogP contribution in [0.1, 0.15) is 16.8 Å². The highest BCUT2D eigenvalue weighted by molar-refractivity contribution is 6.06. The van der Waals surface area contributed by atoms with E-state index in [1.165, 1.54) is 6.07 Å². The number of nitrogens with one attached hydrogen (secondary N) is 1. The summed E-state index contributed by atoms with van der Waals surface area (Å²) in [6.45, 7) is 3.07. The van der Waals surface area contributed by atoms with Gasteiger partial charge in [0.1, 0.15) is 29.7 Å². The van der Waals surface area contributed by atoms with Crippen molar-refractivity contribution in [1.82, 2.24) is 14.5 Å². The quantitative estimate of drug-likeness (QED) is 0.573. The van der Waals surface area contributed by atoms with Gasteiger partial charge in [-0.05, 0) is 24.6 Å². The average Bonchev–Trinajstić information content (AvgIpc) is 3.30. The van der Waals surface area contributed by atoms with Crippen LogP contribution in [0.2, 0.25) is 0 Å². The van der Waals surface area contributed by atoms with E-state index in [-0.39, 0.29) is 17.9 Å². The summed E-state index contributed by atoms with van der Waals surface area (Å²) in [5.74, 6) is 0.429. The molecule has 3 aromatic rings. The Morgan fingerprint density at radius 3 is 2.85 bits per heavy atom. The van der Waals surface area contributed by atoms with Crippen LogP contribution in [0.5, 0.6) is 5.75 Å². The van der Waals surface area contributed by atoms with Gasteiger partial charge < -0.3 is 24.3 Å².